The molecular formula is C13H24N2O2. The summed E-state index contributed by atoms with van der Waals surface area (Å²) in [5.74, 6) is 0.193. The quantitative estimate of drug-likeness (QED) is 0.805. The van der Waals surface area contributed by atoms with Gasteiger partial charge in [-0.25, -0.2) is 0 Å². The smallest absolute Gasteiger partial charge is 0.237 e. The molecule has 1 saturated carbocycles. The maximum Gasteiger partial charge on any atom is 0.237 e. The van der Waals surface area contributed by atoms with Gasteiger partial charge in [-0.1, -0.05) is 19.3 Å². The van der Waals surface area contributed by atoms with E-state index in [2.05, 4.69) is 10.2 Å². The molecule has 0 aromatic carbocycles. The molecule has 0 radical (unpaired) electrons. The van der Waals surface area contributed by atoms with Crippen molar-refractivity contribution < 1.29 is 9.53 Å². The van der Waals surface area contributed by atoms with Crippen LogP contribution in [0.5, 0.6) is 0 Å². The molecule has 1 heterocycles. The van der Waals surface area contributed by atoms with E-state index in [1.54, 1.807) is 0 Å². The van der Waals surface area contributed by atoms with Crippen molar-refractivity contribution in [2.45, 2.75) is 51.1 Å². The van der Waals surface area contributed by atoms with Gasteiger partial charge in [-0.15, -0.1) is 0 Å². The van der Waals surface area contributed by atoms with Gasteiger partial charge in [-0.05, 0) is 19.8 Å². The van der Waals surface area contributed by atoms with Crippen LogP contribution in [0.15, 0.2) is 0 Å². The Morgan fingerprint density at radius 3 is 2.53 bits per heavy atom. The van der Waals surface area contributed by atoms with Crippen LogP contribution in [0.3, 0.4) is 0 Å². The van der Waals surface area contributed by atoms with Gasteiger partial charge in [0.2, 0.25) is 5.91 Å². The zero-order valence-electron chi connectivity index (χ0n) is 10.8. The van der Waals surface area contributed by atoms with Crippen LogP contribution in [0, 0.1) is 0 Å². The Bertz CT molecular complexity index is 246. The van der Waals surface area contributed by atoms with Gasteiger partial charge < -0.3 is 10.1 Å². The number of amides is 1. The summed E-state index contributed by atoms with van der Waals surface area (Å²) in [5, 5.41) is 3.19. The van der Waals surface area contributed by atoms with Crippen molar-refractivity contribution in [2.24, 2.45) is 0 Å². The molecule has 2 aliphatic rings. The van der Waals surface area contributed by atoms with Crippen LogP contribution in [0.25, 0.3) is 0 Å². The van der Waals surface area contributed by atoms with Crippen LogP contribution in [-0.4, -0.2) is 49.2 Å². The van der Waals surface area contributed by atoms with Crippen LogP contribution in [0.2, 0.25) is 0 Å². The van der Waals surface area contributed by atoms with Crippen molar-refractivity contribution >= 4 is 5.91 Å². The SMILES string of the molecule is CC(C(=O)NC1CCCCC1)N1CCOCC1. The van der Waals surface area contributed by atoms with E-state index in [0.717, 1.165) is 39.1 Å². The average Bonchev–Trinajstić information content (AvgIpc) is 2.40. The van der Waals surface area contributed by atoms with Crippen LogP contribution in [0.1, 0.15) is 39.0 Å². The second-order valence-corrected chi connectivity index (χ2v) is 5.17. The number of ether oxygens (including phenoxy) is 1. The highest BCUT2D eigenvalue weighted by Gasteiger charge is 2.25. The van der Waals surface area contributed by atoms with E-state index in [4.69, 9.17) is 4.74 Å². The molecule has 98 valence electrons. The largest absolute Gasteiger partial charge is 0.379 e. The van der Waals surface area contributed by atoms with E-state index < -0.39 is 0 Å². The third kappa shape index (κ3) is 3.68. The van der Waals surface area contributed by atoms with E-state index in [1.165, 1.54) is 19.3 Å². The molecule has 1 aliphatic heterocycles. The number of carbonyl (C=O) groups excluding carboxylic acids is 1. The maximum atomic E-state index is 12.1. The Labute approximate surface area is 104 Å². The summed E-state index contributed by atoms with van der Waals surface area (Å²) >= 11 is 0. The Morgan fingerprint density at radius 2 is 1.88 bits per heavy atom. The lowest BCUT2D eigenvalue weighted by atomic mass is 9.95. The molecule has 1 aliphatic carbocycles. The number of morpholine rings is 1. The number of hydrogen-bond acceptors (Lipinski definition) is 3. The Hall–Kier alpha value is -0.610. The number of nitrogens with zero attached hydrogens (tertiary/aromatic N) is 1. The van der Waals surface area contributed by atoms with E-state index in [0.29, 0.717) is 6.04 Å². The minimum absolute atomic E-state index is 0.0131. The summed E-state index contributed by atoms with van der Waals surface area (Å²) in [6.45, 7) is 5.25. The van der Waals surface area contributed by atoms with Crippen LogP contribution < -0.4 is 5.32 Å². The van der Waals surface area contributed by atoms with Crippen molar-refractivity contribution in [3.8, 4) is 0 Å². The molecule has 4 heteroatoms. The fourth-order valence-corrected chi connectivity index (χ4v) is 2.70. The third-order valence-electron chi connectivity index (χ3n) is 3.92. The van der Waals surface area contributed by atoms with Crippen molar-refractivity contribution in [2.75, 3.05) is 26.3 Å². The van der Waals surface area contributed by atoms with Gasteiger partial charge in [0.05, 0.1) is 19.3 Å². The van der Waals surface area contributed by atoms with Crippen molar-refractivity contribution in [3.63, 3.8) is 0 Å². The van der Waals surface area contributed by atoms with Crippen LogP contribution in [0.4, 0.5) is 0 Å². The summed E-state index contributed by atoms with van der Waals surface area (Å²) in [5.41, 5.74) is 0. The molecular weight excluding hydrogens is 216 g/mol. The molecule has 0 bridgehead atoms. The molecule has 1 atom stereocenters. The second kappa shape index (κ2) is 6.36. The minimum atomic E-state index is -0.0131. The highest BCUT2D eigenvalue weighted by Crippen LogP contribution is 2.17. The zero-order chi connectivity index (χ0) is 12.1. The summed E-state index contributed by atoms with van der Waals surface area (Å²) < 4.78 is 5.31. The van der Waals surface area contributed by atoms with Crippen molar-refractivity contribution in [1.29, 1.82) is 0 Å². The highest BCUT2D eigenvalue weighted by atomic mass is 16.5. The highest BCUT2D eigenvalue weighted by molar-refractivity contribution is 5.81. The van der Waals surface area contributed by atoms with Gasteiger partial charge in [-0.3, -0.25) is 9.69 Å². The van der Waals surface area contributed by atoms with Gasteiger partial charge >= 0.3 is 0 Å². The fraction of sp³-hybridized carbons (Fsp3) is 0.923. The predicted octanol–water partition coefficient (Wildman–Crippen LogP) is 1.16. The monoisotopic (exact) mass is 240 g/mol. The maximum absolute atomic E-state index is 12.1. The Balaban J connectivity index is 1.77. The zero-order valence-corrected chi connectivity index (χ0v) is 10.8. The topological polar surface area (TPSA) is 41.6 Å². The first kappa shape index (κ1) is 12.8. The average molecular weight is 240 g/mol. The minimum Gasteiger partial charge on any atom is -0.379 e. The number of carbonyl (C=O) groups is 1. The molecule has 2 fully saturated rings. The summed E-state index contributed by atoms with van der Waals surface area (Å²) in [7, 11) is 0. The fourth-order valence-electron chi connectivity index (χ4n) is 2.70. The van der Waals surface area contributed by atoms with Crippen molar-refractivity contribution in [3.05, 3.63) is 0 Å². The Kier molecular flexibility index (Phi) is 4.80. The van der Waals surface area contributed by atoms with E-state index in [9.17, 15) is 4.79 Å². The van der Waals surface area contributed by atoms with Crippen LogP contribution in [-0.2, 0) is 9.53 Å². The number of rotatable bonds is 3. The molecule has 4 nitrogen and oxygen atoms in total. The lowest BCUT2D eigenvalue weighted by molar-refractivity contribution is -0.128. The van der Waals surface area contributed by atoms with Crippen LogP contribution >= 0.6 is 0 Å². The molecule has 2 rings (SSSR count). The third-order valence-corrected chi connectivity index (χ3v) is 3.92. The molecule has 1 amide bonds. The van der Waals surface area contributed by atoms with E-state index in [-0.39, 0.29) is 11.9 Å². The standard InChI is InChI=1S/C13H24N2O2/c1-11(15-7-9-17-10-8-15)13(16)14-12-5-3-2-4-6-12/h11-12H,2-10H2,1H3,(H,14,16). The van der Waals surface area contributed by atoms with E-state index >= 15 is 0 Å². The first-order chi connectivity index (χ1) is 8.27. The number of nitrogens with one attached hydrogen (secondary N) is 1. The van der Waals surface area contributed by atoms with Gasteiger partial charge in [-0.2, -0.15) is 0 Å². The second-order valence-electron chi connectivity index (χ2n) is 5.17. The Morgan fingerprint density at radius 1 is 1.24 bits per heavy atom. The first-order valence-electron chi connectivity index (χ1n) is 6.89. The van der Waals surface area contributed by atoms with Gasteiger partial charge in [0.1, 0.15) is 0 Å². The molecule has 1 N–H and O–H groups in total. The normalized spacial score (nSPS) is 25.5. The number of hydrogen-bond donors (Lipinski definition) is 1. The summed E-state index contributed by atoms with van der Waals surface area (Å²) in [4.78, 5) is 14.3. The molecule has 1 unspecified atom stereocenters. The van der Waals surface area contributed by atoms with E-state index in [1.807, 2.05) is 6.92 Å². The molecule has 0 aromatic rings. The molecule has 0 spiro atoms. The molecule has 0 aromatic heterocycles. The van der Waals surface area contributed by atoms with Crippen molar-refractivity contribution in [1.82, 2.24) is 10.2 Å². The predicted molar refractivity (Wildman–Crippen MR) is 66.9 cm³/mol. The van der Waals surface area contributed by atoms with Gasteiger partial charge in [0.25, 0.3) is 0 Å². The molecule has 1 saturated heterocycles. The molecule has 17 heavy (non-hydrogen) atoms. The lowest BCUT2D eigenvalue weighted by Gasteiger charge is -2.33. The lowest BCUT2D eigenvalue weighted by Crippen LogP contribution is -2.51. The van der Waals surface area contributed by atoms with Gasteiger partial charge in [0.15, 0.2) is 0 Å². The van der Waals surface area contributed by atoms with Gasteiger partial charge in [0, 0.05) is 19.1 Å². The summed E-state index contributed by atoms with van der Waals surface area (Å²) in [6, 6.07) is 0.403. The first-order valence-corrected chi connectivity index (χ1v) is 6.89. The summed E-state index contributed by atoms with van der Waals surface area (Å²) in [6.07, 6.45) is 6.16.